The lowest BCUT2D eigenvalue weighted by Crippen LogP contribution is -2.66. The molecule has 226 valence electrons. The van der Waals surface area contributed by atoms with Gasteiger partial charge in [-0.2, -0.15) is 0 Å². The molecular formula is C30H45N3O7Si. The predicted octanol–water partition coefficient (Wildman–Crippen LogP) is 6.37. The molecule has 2 aromatic rings. The highest BCUT2D eigenvalue weighted by Gasteiger charge is 2.59. The van der Waals surface area contributed by atoms with Crippen LogP contribution in [0.2, 0.25) is 16.6 Å². The molecular weight excluding hydrogens is 542 g/mol. The van der Waals surface area contributed by atoms with Crippen LogP contribution in [-0.4, -0.2) is 67.4 Å². The first-order valence-corrected chi connectivity index (χ1v) is 16.0. The molecule has 0 N–H and O–H groups in total. The molecule has 0 spiro atoms. The number of aldehydes is 1. The molecule has 11 heteroatoms. The zero-order chi connectivity index (χ0) is 31.1. The maximum absolute atomic E-state index is 13.2. The topological polar surface area (TPSA) is 117 Å². The van der Waals surface area contributed by atoms with E-state index in [9.17, 15) is 14.4 Å². The van der Waals surface area contributed by atoms with Crippen molar-refractivity contribution in [2.75, 3.05) is 14.2 Å². The number of nitrogens with zero attached hydrogens (tertiary/aromatic N) is 3. The smallest absolute Gasteiger partial charge is 0.417 e. The van der Waals surface area contributed by atoms with Crippen LogP contribution in [0.15, 0.2) is 36.7 Å². The highest BCUT2D eigenvalue weighted by atomic mass is 28.4. The average Bonchev–Trinajstić information content (AvgIpc) is 2.90. The SMILES string of the molecule is COc1ccc(C=O)nc1.COc1ccc([C@H]2[C@@H](O[Si](C(C)C)(C(C)C)C(C)C)C(=O)N2C(=O)OC(C)(C)C)nc1. The Morgan fingerprint density at radius 1 is 0.902 bits per heavy atom. The molecule has 1 aliphatic heterocycles. The standard InChI is InChI=1S/C23H38N2O5Si.C7H7NO2/c1-14(2)31(15(3)4,16(5)6)30-20-19(18-12-11-17(28-10)13-24-18)25(21(20)26)22(27)29-23(7,8)9;1-10-7-3-2-6(5-9)8-4-7/h11-16,19-20H,1-10H3;2-5H,1H3/t19-,20+;/m0./s1. The molecule has 3 rings (SSSR count). The molecule has 41 heavy (non-hydrogen) atoms. The molecule has 0 unspecified atom stereocenters. The van der Waals surface area contributed by atoms with E-state index in [1.54, 1.807) is 65.5 Å². The van der Waals surface area contributed by atoms with Gasteiger partial charge in [-0.15, -0.1) is 0 Å². The van der Waals surface area contributed by atoms with Crippen molar-refractivity contribution in [3.63, 3.8) is 0 Å². The number of pyridine rings is 2. The molecule has 2 aromatic heterocycles. The maximum atomic E-state index is 13.2. The monoisotopic (exact) mass is 587 g/mol. The van der Waals surface area contributed by atoms with Crippen LogP contribution in [0.4, 0.5) is 4.79 Å². The van der Waals surface area contributed by atoms with E-state index in [1.807, 2.05) is 0 Å². The number of carbonyl (C=O) groups excluding carboxylic acids is 3. The Labute approximate surface area is 244 Å². The van der Waals surface area contributed by atoms with Gasteiger partial charge in [0.15, 0.2) is 12.4 Å². The van der Waals surface area contributed by atoms with E-state index >= 15 is 0 Å². The van der Waals surface area contributed by atoms with E-state index in [0.29, 0.717) is 45.8 Å². The minimum absolute atomic E-state index is 0.306. The third-order valence-electron chi connectivity index (χ3n) is 7.09. The molecule has 0 bridgehead atoms. The molecule has 1 aliphatic rings. The minimum atomic E-state index is -2.36. The summed E-state index contributed by atoms with van der Waals surface area (Å²) in [7, 11) is 0.761. The number of rotatable bonds is 9. The van der Waals surface area contributed by atoms with Crippen LogP contribution in [0.1, 0.15) is 84.5 Å². The minimum Gasteiger partial charge on any atom is -0.495 e. The summed E-state index contributed by atoms with van der Waals surface area (Å²) in [5, 5.41) is 0. The Kier molecular flexibility index (Phi) is 11.6. The number of carbonyl (C=O) groups is 3. The van der Waals surface area contributed by atoms with Gasteiger partial charge in [0, 0.05) is 0 Å². The van der Waals surface area contributed by atoms with Crippen LogP contribution in [-0.2, 0) is 14.0 Å². The van der Waals surface area contributed by atoms with Crippen molar-refractivity contribution in [1.29, 1.82) is 0 Å². The fourth-order valence-electron chi connectivity index (χ4n) is 5.28. The third kappa shape index (κ3) is 7.91. The number of methoxy groups -OCH3 is 2. The Bertz CT molecular complexity index is 1140. The van der Waals surface area contributed by atoms with Crippen LogP contribution in [0.5, 0.6) is 11.5 Å². The van der Waals surface area contributed by atoms with Crippen LogP contribution < -0.4 is 9.47 Å². The summed E-state index contributed by atoms with van der Waals surface area (Å²) in [5.41, 5.74) is 1.20. The van der Waals surface area contributed by atoms with Gasteiger partial charge in [-0.1, -0.05) is 41.5 Å². The van der Waals surface area contributed by atoms with Crippen molar-refractivity contribution in [2.45, 2.75) is 96.7 Å². The summed E-state index contributed by atoms with van der Waals surface area (Å²) in [4.78, 5) is 45.5. The normalized spacial score (nSPS) is 17.1. The van der Waals surface area contributed by atoms with Gasteiger partial charge in [0.25, 0.3) is 5.91 Å². The number of hydrogen-bond acceptors (Lipinski definition) is 9. The van der Waals surface area contributed by atoms with Gasteiger partial charge < -0.3 is 18.6 Å². The second kappa shape index (κ2) is 14.0. The second-order valence-electron chi connectivity index (χ2n) is 11.9. The third-order valence-corrected chi connectivity index (χ3v) is 13.2. The maximum Gasteiger partial charge on any atom is 0.417 e. The van der Waals surface area contributed by atoms with E-state index in [4.69, 9.17) is 18.6 Å². The molecule has 2 amide bonds. The highest BCUT2D eigenvalue weighted by molar-refractivity contribution is 6.77. The van der Waals surface area contributed by atoms with Gasteiger partial charge in [-0.3, -0.25) is 14.6 Å². The van der Waals surface area contributed by atoms with Crippen molar-refractivity contribution >= 4 is 26.6 Å². The average molecular weight is 588 g/mol. The number of amides is 2. The molecule has 0 aromatic carbocycles. The van der Waals surface area contributed by atoms with Crippen molar-refractivity contribution < 1.29 is 33.0 Å². The Hall–Kier alpha value is -3.31. The van der Waals surface area contributed by atoms with Gasteiger partial charge in [-0.25, -0.2) is 14.7 Å². The molecule has 10 nitrogen and oxygen atoms in total. The largest absolute Gasteiger partial charge is 0.495 e. The predicted molar refractivity (Wildman–Crippen MR) is 159 cm³/mol. The van der Waals surface area contributed by atoms with Crippen LogP contribution in [0.3, 0.4) is 0 Å². The van der Waals surface area contributed by atoms with Crippen LogP contribution in [0.25, 0.3) is 0 Å². The van der Waals surface area contributed by atoms with E-state index in [-0.39, 0.29) is 5.91 Å². The van der Waals surface area contributed by atoms with Crippen LogP contribution >= 0.6 is 0 Å². The zero-order valence-electron chi connectivity index (χ0n) is 26.1. The van der Waals surface area contributed by atoms with Crippen molar-refractivity contribution in [3.8, 4) is 11.5 Å². The summed E-state index contributed by atoms with van der Waals surface area (Å²) in [5.74, 6) is 0.896. The summed E-state index contributed by atoms with van der Waals surface area (Å²) in [6.45, 7) is 18.3. The first-order valence-electron chi connectivity index (χ1n) is 13.8. The Morgan fingerprint density at radius 3 is 1.78 bits per heavy atom. The van der Waals surface area contributed by atoms with E-state index < -0.39 is 32.2 Å². The summed E-state index contributed by atoms with van der Waals surface area (Å²) < 4.78 is 22.3. The molecule has 0 saturated carbocycles. The quantitative estimate of drug-likeness (QED) is 0.187. The fraction of sp³-hybridized carbons (Fsp3) is 0.567. The lowest BCUT2D eigenvalue weighted by atomic mass is 9.95. The first-order chi connectivity index (χ1) is 19.1. The van der Waals surface area contributed by atoms with Crippen molar-refractivity contribution in [2.24, 2.45) is 0 Å². The van der Waals surface area contributed by atoms with Crippen molar-refractivity contribution in [1.82, 2.24) is 14.9 Å². The van der Waals surface area contributed by atoms with Gasteiger partial charge in [0.1, 0.15) is 28.8 Å². The number of hydrogen-bond donors (Lipinski definition) is 0. The van der Waals surface area contributed by atoms with Gasteiger partial charge in [0.2, 0.25) is 8.32 Å². The van der Waals surface area contributed by atoms with E-state index in [1.165, 1.54) is 6.20 Å². The number of likely N-dealkylation sites (tertiary alicyclic amines) is 1. The Morgan fingerprint density at radius 2 is 1.41 bits per heavy atom. The van der Waals surface area contributed by atoms with E-state index in [2.05, 4.69) is 51.5 Å². The zero-order valence-corrected chi connectivity index (χ0v) is 27.1. The second-order valence-corrected chi connectivity index (χ2v) is 17.3. The summed E-state index contributed by atoms with van der Waals surface area (Å²) in [6.07, 6.45) is 2.35. The molecule has 1 saturated heterocycles. The van der Waals surface area contributed by atoms with Gasteiger partial charge >= 0.3 is 6.09 Å². The number of aromatic nitrogens is 2. The number of β-lactam (4-membered cyclic amide) rings is 1. The fourth-order valence-corrected chi connectivity index (χ4v) is 10.8. The van der Waals surface area contributed by atoms with Crippen LogP contribution in [0, 0.1) is 0 Å². The Balaban J connectivity index is 0.000000493. The summed E-state index contributed by atoms with van der Waals surface area (Å²) >= 11 is 0. The van der Waals surface area contributed by atoms with Gasteiger partial charge in [0.05, 0.1) is 32.3 Å². The lowest BCUT2D eigenvalue weighted by molar-refractivity contribution is -0.163. The highest BCUT2D eigenvalue weighted by Crippen LogP contribution is 2.47. The number of ether oxygens (including phenoxy) is 3. The van der Waals surface area contributed by atoms with Gasteiger partial charge in [-0.05, 0) is 61.7 Å². The number of imide groups is 1. The van der Waals surface area contributed by atoms with E-state index in [0.717, 1.165) is 4.90 Å². The summed E-state index contributed by atoms with van der Waals surface area (Å²) in [6, 6.07) is 6.21. The lowest BCUT2D eigenvalue weighted by Gasteiger charge is -2.51. The molecule has 2 atom stereocenters. The van der Waals surface area contributed by atoms with Crippen molar-refractivity contribution in [3.05, 3.63) is 48.0 Å². The molecule has 3 heterocycles. The molecule has 0 aliphatic carbocycles. The molecule has 1 fully saturated rings. The first kappa shape index (κ1) is 33.9. The molecule has 0 radical (unpaired) electrons.